The number of benzene rings is 1. The van der Waals surface area contributed by atoms with E-state index in [4.69, 9.17) is 16.9 Å². The number of hydrogen-bond acceptors (Lipinski definition) is 2. The normalized spacial score (nSPS) is 15.7. The molecule has 84 valence electrons. The molecule has 0 spiro atoms. The summed E-state index contributed by atoms with van der Waals surface area (Å²) >= 11 is 5.96. The zero-order valence-electron chi connectivity index (χ0n) is 9.41. The first kappa shape index (κ1) is 11.3. The number of hydrogen-bond donors (Lipinski definition) is 0. The maximum Gasteiger partial charge on any atom is 0.101 e. The van der Waals surface area contributed by atoms with Crippen molar-refractivity contribution in [2.45, 2.75) is 19.8 Å². The van der Waals surface area contributed by atoms with Crippen LogP contribution in [0.25, 0.3) is 0 Å². The fraction of sp³-hybridized carbons (Fsp3) is 0.462. The van der Waals surface area contributed by atoms with Crippen LogP contribution in [0.4, 0.5) is 5.69 Å². The van der Waals surface area contributed by atoms with E-state index < -0.39 is 0 Å². The number of anilines is 1. The standard InChI is InChI=1S/C13H15ClN2/c1-2-3-10-8-16(9-10)13-6-12(14)5-4-11(13)7-15/h4-6,10H,2-3,8-9H2,1H3. The van der Waals surface area contributed by atoms with Gasteiger partial charge in [-0.2, -0.15) is 5.26 Å². The van der Waals surface area contributed by atoms with E-state index in [1.165, 1.54) is 12.8 Å². The third kappa shape index (κ3) is 2.15. The van der Waals surface area contributed by atoms with Gasteiger partial charge in [0.05, 0.1) is 11.3 Å². The quantitative estimate of drug-likeness (QED) is 0.801. The molecule has 0 unspecified atom stereocenters. The minimum absolute atomic E-state index is 0.702. The summed E-state index contributed by atoms with van der Waals surface area (Å²) in [4.78, 5) is 2.24. The summed E-state index contributed by atoms with van der Waals surface area (Å²) in [6.45, 7) is 4.33. The summed E-state index contributed by atoms with van der Waals surface area (Å²) in [6.07, 6.45) is 2.51. The van der Waals surface area contributed by atoms with Crippen molar-refractivity contribution in [1.82, 2.24) is 0 Å². The highest BCUT2D eigenvalue weighted by molar-refractivity contribution is 6.30. The average Bonchev–Trinajstić information content (AvgIpc) is 2.23. The number of halogens is 1. The molecular formula is C13H15ClN2. The molecule has 2 rings (SSSR count). The van der Waals surface area contributed by atoms with Gasteiger partial charge in [0, 0.05) is 18.1 Å². The molecule has 1 aliphatic heterocycles. The lowest BCUT2D eigenvalue weighted by Gasteiger charge is -2.41. The minimum atomic E-state index is 0.702. The lowest BCUT2D eigenvalue weighted by atomic mass is 9.93. The number of nitrogens with zero attached hydrogens (tertiary/aromatic N) is 2. The van der Waals surface area contributed by atoms with E-state index in [0.717, 1.165) is 30.3 Å². The Balaban J connectivity index is 2.11. The third-order valence-electron chi connectivity index (χ3n) is 3.08. The van der Waals surface area contributed by atoms with Crippen LogP contribution in [-0.4, -0.2) is 13.1 Å². The predicted octanol–water partition coefficient (Wildman–Crippen LogP) is 3.45. The Morgan fingerprint density at radius 2 is 2.25 bits per heavy atom. The van der Waals surface area contributed by atoms with Crippen LogP contribution in [0.2, 0.25) is 5.02 Å². The fourth-order valence-electron chi connectivity index (χ4n) is 2.22. The van der Waals surface area contributed by atoms with Gasteiger partial charge in [-0.15, -0.1) is 0 Å². The molecule has 1 fully saturated rings. The topological polar surface area (TPSA) is 27.0 Å². The molecule has 1 aliphatic rings. The van der Waals surface area contributed by atoms with E-state index in [1.54, 1.807) is 12.1 Å². The summed E-state index contributed by atoms with van der Waals surface area (Å²) in [6, 6.07) is 7.68. The average molecular weight is 235 g/mol. The molecule has 16 heavy (non-hydrogen) atoms. The molecule has 0 aliphatic carbocycles. The van der Waals surface area contributed by atoms with E-state index >= 15 is 0 Å². The first-order valence-corrected chi connectivity index (χ1v) is 6.07. The summed E-state index contributed by atoms with van der Waals surface area (Å²) in [5.74, 6) is 0.788. The second-order valence-electron chi connectivity index (χ2n) is 4.33. The number of nitriles is 1. The molecule has 0 atom stereocenters. The van der Waals surface area contributed by atoms with Gasteiger partial charge in [-0.1, -0.05) is 24.9 Å². The van der Waals surface area contributed by atoms with Crippen molar-refractivity contribution in [2.75, 3.05) is 18.0 Å². The molecule has 0 amide bonds. The van der Waals surface area contributed by atoms with Gasteiger partial charge < -0.3 is 4.90 Å². The lowest BCUT2D eigenvalue weighted by Crippen LogP contribution is -2.47. The van der Waals surface area contributed by atoms with Crippen LogP contribution in [0.5, 0.6) is 0 Å². The molecular weight excluding hydrogens is 220 g/mol. The highest BCUT2D eigenvalue weighted by atomic mass is 35.5. The van der Waals surface area contributed by atoms with E-state index in [0.29, 0.717) is 5.02 Å². The SMILES string of the molecule is CCCC1CN(c2cc(Cl)ccc2C#N)C1. The first-order chi connectivity index (χ1) is 7.74. The highest BCUT2D eigenvalue weighted by Crippen LogP contribution is 2.31. The highest BCUT2D eigenvalue weighted by Gasteiger charge is 2.27. The van der Waals surface area contributed by atoms with Gasteiger partial charge in [0.15, 0.2) is 0 Å². The Hall–Kier alpha value is -1.20. The summed E-state index contributed by atoms with van der Waals surface area (Å²) in [5, 5.41) is 9.73. The van der Waals surface area contributed by atoms with Crippen molar-refractivity contribution in [2.24, 2.45) is 5.92 Å². The molecule has 1 aromatic rings. The zero-order chi connectivity index (χ0) is 11.5. The van der Waals surface area contributed by atoms with Gasteiger partial charge in [0.25, 0.3) is 0 Å². The van der Waals surface area contributed by atoms with Crippen molar-refractivity contribution in [3.8, 4) is 6.07 Å². The molecule has 3 heteroatoms. The molecule has 2 nitrogen and oxygen atoms in total. The second kappa shape index (κ2) is 4.76. The Morgan fingerprint density at radius 1 is 1.50 bits per heavy atom. The molecule has 1 aromatic carbocycles. The number of rotatable bonds is 3. The van der Waals surface area contributed by atoms with Crippen LogP contribution in [0.15, 0.2) is 18.2 Å². The molecule has 0 radical (unpaired) electrons. The molecule has 0 bridgehead atoms. The van der Waals surface area contributed by atoms with Crippen LogP contribution in [-0.2, 0) is 0 Å². The first-order valence-electron chi connectivity index (χ1n) is 5.69. The molecule has 0 aromatic heterocycles. The summed E-state index contributed by atoms with van der Waals surface area (Å²) in [5.41, 5.74) is 1.71. The second-order valence-corrected chi connectivity index (χ2v) is 4.77. The van der Waals surface area contributed by atoms with Crippen molar-refractivity contribution in [3.63, 3.8) is 0 Å². The van der Waals surface area contributed by atoms with E-state index in [-0.39, 0.29) is 0 Å². The summed E-state index contributed by atoms with van der Waals surface area (Å²) < 4.78 is 0. The van der Waals surface area contributed by atoms with Gasteiger partial charge in [-0.3, -0.25) is 0 Å². The third-order valence-corrected chi connectivity index (χ3v) is 3.31. The van der Waals surface area contributed by atoms with Crippen LogP contribution >= 0.6 is 11.6 Å². The largest absolute Gasteiger partial charge is 0.370 e. The van der Waals surface area contributed by atoms with E-state index in [2.05, 4.69) is 17.9 Å². The Morgan fingerprint density at radius 3 is 2.88 bits per heavy atom. The van der Waals surface area contributed by atoms with Crippen LogP contribution < -0.4 is 4.90 Å². The smallest absolute Gasteiger partial charge is 0.101 e. The van der Waals surface area contributed by atoms with Crippen LogP contribution in [0.3, 0.4) is 0 Å². The monoisotopic (exact) mass is 234 g/mol. The van der Waals surface area contributed by atoms with Crippen molar-refractivity contribution in [1.29, 1.82) is 5.26 Å². The van der Waals surface area contributed by atoms with E-state index in [1.807, 2.05) is 6.07 Å². The maximum absolute atomic E-state index is 9.03. The molecule has 0 saturated carbocycles. The Labute approximate surface area is 101 Å². The fourth-order valence-corrected chi connectivity index (χ4v) is 2.38. The van der Waals surface area contributed by atoms with Gasteiger partial charge in [0.2, 0.25) is 0 Å². The van der Waals surface area contributed by atoms with Gasteiger partial charge in [-0.25, -0.2) is 0 Å². The molecule has 1 saturated heterocycles. The Kier molecular flexibility index (Phi) is 3.36. The molecule has 0 N–H and O–H groups in total. The minimum Gasteiger partial charge on any atom is -0.370 e. The van der Waals surface area contributed by atoms with Crippen molar-refractivity contribution < 1.29 is 0 Å². The van der Waals surface area contributed by atoms with Gasteiger partial charge in [-0.05, 0) is 30.5 Å². The Bertz CT molecular complexity index is 416. The van der Waals surface area contributed by atoms with E-state index in [9.17, 15) is 0 Å². The van der Waals surface area contributed by atoms with Crippen LogP contribution in [0, 0.1) is 17.2 Å². The maximum atomic E-state index is 9.03. The predicted molar refractivity (Wildman–Crippen MR) is 66.8 cm³/mol. The zero-order valence-corrected chi connectivity index (χ0v) is 10.2. The molecule has 1 heterocycles. The van der Waals surface area contributed by atoms with Crippen LogP contribution in [0.1, 0.15) is 25.3 Å². The summed E-state index contributed by atoms with van der Waals surface area (Å²) in [7, 11) is 0. The van der Waals surface area contributed by atoms with Crippen molar-refractivity contribution >= 4 is 17.3 Å². The van der Waals surface area contributed by atoms with Gasteiger partial charge >= 0.3 is 0 Å². The van der Waals surface area contributed by atoms with Crippen molar-refractivity contribution in [3.05, 3.63) is 28.8 Å². The lowest BCUT2D eigenvalue weighted by molar-refractivity contribution is 0.380. The van der Waals surface area contributed by atoms with Gasteiger partial charge in [0.1, 0.15) is 6.07 Å².